The molecule has 0 radical (unpaired) electrons. The summed E-state index contributed by atoms with van der Waals surface area (Å²) >= 11 is 0. The van der Waals surface area contributed by atoms with Crippen LogP contribution in [0.1, 0.15) is 11.7 Å². The molecule has 0 fully saturated rings. The van der Waals surface area contributed by atoms with Crippen LogP contribution in [0.3, 0.4) is 0 Å². The van der Waals surface area contributed by atoms with Gasteiger partial charge in [0, 0.05) is 24.5 Å². The van der Waals surface area contributed by atoms with E-state index in [1.807, 2.05) is 30.5 Å². The van der Waals surface area contributed by atoms with Crippen molar-refractivity contribution in [2.24, 2.45) is 0 Å². The normalized spacial score (nSPS) is 12.4. The zero-order chi connectivity index (χ0) is 13.9. The fourth-order valence-corrected chi connectivity index (χ4v) is 1.95. The van der Waals surface area contributed by atoms with E-state index < -0.39 is 6.10 Å². The number of aliphatic hydroxyl groups excluding tert-OH is 1. The molecule has 3 rings (SSSR count). The summed E-state index contributed by atoms with van der Waals surface area (Å²) in [5.74, 6) is 0.701. The van der Waals surface area contributed by atoms with E-state index in [4.69, 9.17) is 5.73 Å². The van der Waals surface area contributed by atoms with Gasteiger partial charge in [-0.05, 0) is 23.8 Å². The Morgan fingerprint density at radius 1 is 1.20 bits per heavy atom. The summed E-state index contributed by atoms with van der Waals surface area (Å²) in [6, 6.07) is 10.8. The van der Waals surface area contributed by atoms with E-state index in [0.717, 1.165) is 11.2 Å². The monoisotopic (exact) mass is 269 g/mol. The zero-order valence-corrected chi connectivity index (χ0v) is 10.8. The lowest BCUT2D eigenvalue weighted by Crippen LogP contribution is -2.13. The molecule has 1 unspecified atom stereocenters. The van der Waals surface area contributed by atoms with Crippen LogP contribution in [0.25, 0.3) is 5.65 Å². The van der Waals surface area contributed by atoms with Gasteiger partial charge >= 0.3 is 0 Å². The number of anilines is 2. The number of aromatic nitrogens is 3. The molecule has 0 bridgehead atoms. The number of rotatable bonds is 4. The minimum atomic E-state index is -0.612. The predicted octanol–water partition coefficient (Wildman–Crippen LogP) is 1.46. The summed E-state index contributed by atoms with van der Waals surface area (Å²) in [5, 5.41) is 17.3. The quantitative estimate of drug-likeness (QED) is 0.624. The second-order valence-corrected chi connectivity index (χ2v) is 4.51. The van der Waals surface area contributed by atoms with Crippen LogP contribution >= 0.6 is 0 Å². The van der Waals surface area contributed by atoms with E-state index >= 15 is 0 Å². The number of hydrogen-bond donors (Lipinski definition) is 3. The largest absolute Gasteiger partial charge is 0.399 e. The Labute approximate surface area is 115 Å². The summed E-state index contributed by atoms with van der Waals surface area (Å²) in [4.78, 5) is 4.37. The van der Waals surface area contributed by atoms with Crippen molar-refractivity contribution in [3.05, 3.63) is 54.4 Å². The number of aliphatic hydroxyl groups is 1. The Kier molecular flexibility index (Phi) is 3.22. The highest BCUT2D eigenvalue weighted by molar-refractivity contribution is 5.46. The average molecular weight is 269 g/mol. The van der Waals surface area contributed by atoms with E-state index in [9.17, 15) is 5.11 Å². The molecule has 0 aliphatic rings. The number of nitrogens with one attached hydrogen (secondary N) is 1. The minimum Gasteiger partial charge on any atom is -0.399 e. The molecule has 4 N–H and O–H groups in total. The molecule has 6 heteroatoms. The van der Waals surface area contributed by atoms with E-state index in [-0.39, 0.29) is 0 Å². The lowest BCUT2D eigenvalue weighted by atomic mass is 10.1. The van der Waals surface area contributed by atoms with Crippen LogP contribution in [0.15, 0.2) is 48.8 Å². The van der Waals surface area contributed by atoms with Gasteiger partial charge in [-0.2, -0.15) is 5.10 Å². The van der Waals surface area contributed by atoms with Crippen molar-refractivity contribution in [1.82, 2.24) is 14.6 Å². The number of nitrogens with two attached hydrogens (primary N) is 1. The number of nitrogen functional groups attached to an aromatic ring is 1. The molecule has 3 aromatic rings. The van der Waals surface area contributed by atoms with Crippen molar-refractivity contribution in [2.45, 2.75) is 6.10 Å². The van der Waals surface area contributed by atoms with E-state index in [2.05, 4.69) is 15.4 Å². The lowest BCUT2D eigenvalue weighted by Gasteiger charge is -2.13. The molecule has 1 atom stereocenters. The van der Waals surface area contributed by atoms with Crippen molar-refractivity contribution < 1.29 is 5.11 Å². The summed E-state index contributed by atoms with van der Waals surface area (Å²) in [5.41, 5.74) is 7.88. The number of fused-ring (bicyclic) bond motifs is 1. The summed E-state index contributed by atoms with van der Waals surface area (Å²) in [6.07, 6.45) is 2.90. The highest BCUT2D eigenvalue weighted by Gasteiger charge is 2.07. The molecular formula is C14H15N5O. The smallest absolute Gasteiger partial charge is 0.157 e. The van der Waals surface area contributed by atoms with Crippen molar-refractivity contribution in [2.75, 3.05) is 17.6 Å². The molecule has 0 aliphatic heterocycles. The molecule has 0 saturated carbocycles. The maximum absolute atomic E-state index is 10.1. The topological polar surface area (TPSA) is 88.5 Å². The molecule has 20 heavy (non-hydrogen) atoms. The number of hydrogen-bond acceptors (Lipinski definition) is 5. The van der Waals surface area contributed by atoms with Gasteiger partial charge < -0.3 is 16.2 Å². The highest BCUT2D eigenvalue weighted by atomic mass is 16.3. The fraction of sp³-hybridized carbons (Fsp3) is 0.143. The van der Waals surface area contributed by atoms with Gasteiger partial charge in [0.2, 0.25) is 0 Å². The third-order valence-electron chi connectivity index (χ3n) is 3.06. The number of nitrogens with zero attached hydrogens (tertiary/aromatic N) is 3. The molecule has 0 saturated heterocycles. The van der Waals surface area contributed by atoms with Crippen molar-refractivity contribution in [1.29, 1.82) is 0 Å². The third-order valence-corrected chi connectivity index (χ3v) is 3.06. The Bertz CT molecular complexity index is 707. The third kappa shape index (κ3) is 2.55. The standard InChI is InChI=1S/C14H15N5O/c15-11-3-1-10(2-4-11)12(20)9-16-13-6-8-19-14(18-13)5-7-17-19/h1-8,12,20H,9,15H2,(H,16,18). The van der Waals surface area contributed by atoms with Crippen molar-refractivity contribution in [3.63, 3.8) is 0 Å². The van der Waals surface area contributed by atoms with Crippen LogP contribution in [0.4, 0.5) is 11.5 Å². The Balaban J connectivity index is 1.67. The van der Waals surface area contributed by atoms with Gasteiger partial charge in [0.25, 0.3) is 0 Å². The minimum absolute atomic E-state index is 0.376. The molecule has 6 nitrogen and oxygen atoms in total. The van der Waals surface area contributed by atoms with Gasteiger partial charge in [-0.3, -0.25) is 0 Å². The van der Waals surface area contributed by atoms with Crippen LogP contribution in [-0.4, -0.2) is 26.2 Å². The van der Waals surface area contributed by atoms with Gasteiger partial charge in [-0.15, -0.1) is 0 Å². The first kappa shape index (κ1) is 12.4. The first-order chi connectivity index (χ1) is 9.72. The summed E-state index contributed by atoms with van der Waals surface area (Å²) in [7, 11) is 0. The van der Waals surface area contributed by atoms with E-state index in [1.54, 1.807) is 22.8 Å². The van der Waals surface area contributed by atoms with Gasteiger partial charge in [0.05, 0.1) is 12.3 Å². The molecule has 0 spiro atoms. The van der Waals surface area contributed by atoms with Crippen LogP contribution in [0.5, 0.6) is 0 Å². The van der Waals surface area contributed by atoms with E-state index in [1.165, 1.54) is 0 Å². The van der Waals surface area contributed by atoms with Crippen LogP contribution in [0, 0.1) is 0 Å². The first-order valence-corrected chi connectivity index (χ1v) is 6.30. The predicted molar refractivity (Wildman–Crippen MR) is 77.3 cm³/mol. The maximum Gasteiger partial charge on any atom is 0.157 e. The summed E-state index contributed by atoms with van der Waals surface area (Å²) in [6.45, 7) is 0.376. The van der Waals surface area contributed by atoms with Crippen LogP contribution in [-0.2, 0) is 0 Å². The molecule has 2 heterocycles. The van der Waals surface area contributed by atoms with Crippen LogP contribution < -0.4 is 11.1 Å². The average Bonchev–Trinajstić information content (AvgIpc) is 2.93. The number of benzene rings is 1. The van der Waals surface area contributed by atoms with Crippen molar-refractivity contribution >= 4 is 17.2 Å². The van der Waals surface area contributed by atoms with Crippen LogP contribution in [0.2, 0.25) is 0 Å². The molecule has 2 aromatic heterocycles. The highest BCUT2D eigenvalue weighted by Crippen LogP contribution is 2.15. The van der Waals surface area contributed by atoms with Gasteiger partial charge in [0.1, 0.15) is 5.82 Å². The molecule has 102 valence electrons. The van der Waals surface area contributed by atoms with Gasteiger partial charge in [-0.1, -0.05) is 12.1 Å². The maximum atomic E-state index is 10.1. The Hall–Kier alpha value is -2.60. The lowest BCUT2D eigenvalue weighted by molar-refractivity contribution is 0.191. The SMILES string of the molecule is Nc1ccc(C(O)CNc2ccn3nccc3n2)cc1. The Morgan fingerprint density at radius 3 is 2.80 bits per heavy atom. The van der Waals surface area contributed by atoms with Gasteiger partial charge in [-0.25, -0.2) is 9.50 Å². The molecule has 0 amide bonds. The zero-order valence-electron chi connectivity index (χ0n) is 10.8. The Morgan fingerprint density at radius 2 is 2.00 bits per heavy atom. The molecule has 1 aromatic carbocycles. The molecule has 0 aliphatic carbocycles. The second kappa shape index (κ2) is 5.18. The van der Waals surface area contributed by atoms with Crippen molar-refractivity contribution in [3.8, 4) is 0 Å². The molecular weight excluding hydrogens is 254 g/mol. The fourth-order valence-electron chi connectivity index (χ4n) is 1.95. The summed E-state index contributed by atoms with van der Waals surface area (Å²) < 4.78 is 1.68. The second-order valence-electron chi connectivity index (χ2n) is 4.51. The first-order valence-electron chi connectivity index (χ1n) is 6.30. The van der Waals surface area contributed by atoms with E-state index in [0.29, 0.717) is 18.1 Å². The van der Waals surface area contributed by atoms with Gasteiger partial charge in [0.15, 0.2) is 5.65 Å².